The van der Waals surface area contributed by atoms with Crippen molar-refractivity contribution in [3.05, 3.63) is 29.3 Å². The van der Waals surface area contributed by atoms with Crippen LogP contribution in [0.1, 0.15) is 82.6 Å². The smallest absolute Gasteiger partial charge is 0.407 e. The van der Waals surface area contributed by atoms with Gasteiger partial charge in [-0.3, -0.25) is 14.4 Å². The Morgan fingerprint density at radius 2 is 1.89 bits per heavy atom. The van der Waals surface area contributed by atoms with Crippen molar-refractivity contribution < 1.29 is 24.3 Å². The number of nitrogens with zero attached hydrogens (tertiary/aromatic N) is 3. The second-order valence-electron chi connectivity index (χ2n) is 10.0. The molecule has 0 unspecified atom stereocenters. The van der Waals surface area contributed by atoms with Crippen molar-refractivity contribution in [2.75, 3.05) is 31.1 Å². The summed E-state index contributed by atoms with van der Waals surface area (Å²) in [7, 11) is 0. The number of hydrogen-bond acceptors (Lipinski definition) is 4. The van der Waals surface area contributed by atoms with E-state index in [1.165, 1.54) is 4.90 Å². The molecule has 1 fully saturated rings. The molecule has 36 heavy (non-hydrogen) atoms. The van der Waals surface area contributed by atoms with Crippen LogP contribution in [0.25, 0.3) is 0 Å². The number of carboxylic acid groups (broad SMARTS) is 1. The van der Waals surface area contributed by atoms with Crippen LogP contribution in [-0.2, 0) is 15.0 Å². The molecule has 2 heterocycles. The van der Waals surface area contributed by atoms with Gasteiger partial charge in [-0.15, -0.1) is 0 Å². The Hall–Kier alpha value is -3.10. The number of carbonyl (C=O) groups excluding carboxylic acids is 3. The molecule has 1 atom stereocenters. The van der Waals surface area contributed by atoms with Crippen molar-refractivity contribution in [2.24, 2.45) is 0 Å². The molecular formula is C27H40N4O5. The zero-order valence-corrected chi connectivity index (χ0v) is 22.2. The van der Waals surface area contributed by atoms with Gasteiger partial charge in [0.05, 0.1) is 11.5 Å². The number of nitrogens with one attached hydrogen (secondary N) is 1. The molecule has 1 aromatic carbocycles. The van der Waals surface area contributed by atoms with Crippen LogP contribution in [0.5, 0.6) is 0 Å². The Morgan fingerprint density at radius 1 is 1.19 bits per heavy atom. The monoisotopic (exact) mass is 500 g/mol. The summed E-state index contributed by atoms with van der Waals surface area (Å²) in [4.78, 5) is 55.6. The fourth-order valence-electron chi connectivity index (χ4n) is 5.69. The maximum atomic E-state index is 13.8. The lowest BCUT2D eigenvalue weighted by Crippen LogP contribution is -2.53. The lowest BCUT2D eigenvalue weighted by molar-refractivity contribution is -0.124. The Balaban J connectivity index is 1.95. The van der Waals surface area contributed by atoms with E-state index in [1.807, 2.05) is 33.8 Å². The summed E-state index contributed by atoms with van der Waals surface area (Å²) in [6.07, 6.45) is 2.15. The van der Waals surface area contributed by atoms with E-state index in [-0.39, 0.29) is 29.8 Å². The van der Waals surface area contributed by atoms with E-state index < -0.39 is 11.5 Å². The van der Waals surface area contributed by atoms with Gasteiger partial charge in [0.25, 0.3) is 5.91 Å². The molecule has 0 spiro atoms. The quantitative estimate of drug-likeness (QED) is 0.538. The molecule has 0 aromatic heterocycles. The number of amides is 4. The van der Waals surface area contributed by atoms with Crippen LogP contribution in [0, 0.1) is 0 Å². The van der Waals surface area contributed by atoms with Gasteiger partial charge in [0.15, 0.2) is 0 Å². The molecule has 9 heteroatoms. The minimum atomic E-state index is -0.965. The van der Waals surface area contributed by atoms with Gasteiger partial charge in [-0.1, -0.05) is 26.8 Å². The summed E-state index contributed by atoms with van der Waals surface area (Å²) in [5, 5.41) is 12.3. The number of anilines is 1. The van der Waals surface area contributed by atoms with Crippen LogP contribution in [0.4, 0.5) is 10.5 Å². The summed E-state index contributed by atoms with van der Waals surface area (Å²) in [6, 6.07) is 5.18. The first-order valence-corrected chi connectivity index (χ1v) is 13.1. The van der Waals surface area contributed by atoms with E-state index >= 15 is 0 Å². The molecular weight excluding hydrogens is 460 g/mol. The maximum absolute atomic E-state index is 13.8. The van der Waals surface area contributed by atoms with E-state index in [0.717, 1.165) is 17.7 Å². The van der Waals surface area contributed by atoms with Gasteiger partial charge in [-0.25, -0.2) is 4.79 Å². The highest BCUT2D eigenvalue weighted by Gasteiger charge is 2.48. The maximum Gasteiger partial charge on any atom is 0.407 e. The molecule has 0 saturated carbocycles. The molecule has 2 aliphatic heterocycles. The Morgan fingerprint density at radius 3 is 2.47 bits per heavy atom. The van der Waals surface area contributed by atoms with Gasteiger partial charge in [-0.2, -0.15) is 0 Å². The molecule has 3 rings (SSSR count). The van der Waals surface area contributed by atoms with Crippen molar-refractivity contribution in [3.63, 3.8) is 0 Å². The number of fused-ring (bicyclic) bond motifs is 1. The van der Waals surface area contributed by atoms with Crippen LogP contribution >= 0.6 is 0 Å². The minimum Gasteiger partial charge on any atom is -0.465 e. The fraction of sp³-hybridized carbons (Fsp3) is 0.630. The van der Waals surface area contributed by atoms with Crippen LogP contribution < -0.4 is 10.2 Å². The standard InChI is InChI=1S/C27H40N4O5/c1-6-23(32)28-13-15-30-22-16-19(11-12-21(22)27(7-2,8-3)25(30)34)24(33)31(18(4)5)20-10-9-14-29(17-20)26(35)36/h11-12,16,18,20H,6-10,13-15,17H2,1-5H3,(H,28,32)(H,35,36)/t20-/m1/s1. The lowest BCUT2D eigenvalue weighted by atomic mass is 9.77. The van der Waals surface area contributed by atoms with Crippen molar-refractivity contribution in [1.29, 1.82) is 0 Å². The molecule has 2 aliphatic rings. The lowest BCUT2D eigenvalue weighted by Gasteiger charge is -2.40. The van der Waals surface area contributed by atoms with Crippen LogP contribution in [0.15, 0.2) is 18.2 Å². The average molecular weight is 501 g/mol. The minimum absolute atomic E-state index is 0.00272. The molecule has 0 bridgehead atoms. The highest BCUT2D eigenvalue weighted by molar-refractivity contribution is 6.09. The Labute approximate surface area is 213 Å². The van der Waals surface area contributed by atoms with Crippen LogP contribution in [0.3, 0.4) is 0 Å². The predicted molar refractivity (Wildman–Crippen MR) is 138 cm³/mol. The highest BCUT2D eigenvalue weighted by atomic mass is 16.4. The zero-order chi connectivity index (χ0) is 26.6. The summed E-state index contributed by atoms with van der Waals surface area (Å²) >= 11 is 0. The largest absolute Gasteiger partial charge is 0.465 e. The molecule has 1 saturated heterocycles. The van der Waals surface area contributed by atoms with Gasteiger partial charge in [0.1, 0.15) is 0 Å². The van der Waals surface area contributed by atoms with Gasteiger partial charge >= 0.3 is 6.09 Å². The number of carbonyl (C=O) groups is 4. The van der Waals surface area contributed by atoms with Gasteiger partial charge in [0.2, 0.25) is 11.8 Å². The SMILES string of the molecule is CCC(=O)NCCN1C(=O)C(CC)(CC)c2ccc(C(=O)N(C(C)C)[C@@H]3CCCN(C(=O)O)C3)cc21. The van der Waals surface area contributed by atoms with Gasteiger partial charge < -0.3 is 25.1 Å². The fourth-order valence-corrected chi connectivity index (χ4v) is 5.69. The third-order valence-corrected chi connectivity index (χ3v) is 7.74. The van der Waals surface area contributed by atoms with Crippen molar-refractivity contribution >= 4 is 29.5 Å². The van der Waals surface area contributed by atoms with E-state index in [9.17, 15) is 24.3 Å². The number of benzene rings is 1. The molecule has 4 amide bonds. The molecule has 9 nitrogen and oxygen atoms in total. The molecule has 0 aliphatic carbocycles. The second-order valence-corrected chi connectivity index (χ2v) is 10.0. The third-order valence-electron chi connectivity index (χ3n) is 7.74. The number of likely N-dealkylation sites (tertiary alicyclic amines) is 1. The van der Waals surface area contributed by atoms with Crippen molar-refractivity contribution in [3.8, 4) is 0 Å². The van der Waals surface area contributed by atoms with Crippen LogP contribution in [0.2, 0.25) is 0 Å². The normalized spacial score (nSPS) is 18.8. The first kappa shape index (κ1) is 27.5. The first-order chi connectivity index (χ1) is 17.1. The van der Waals surface area contributed by atoms with E-state index in [4.69, 9.17) is 0 Å². The highest BCUT2D eigenvalue weighted by Crippen LogP contribution is 2.46. The van der Waals surface area contributed by atoms with Crippen LogP contribution in [-0.4, -0.2) is 77.0 Å². The van der Waals surface area contributed by atoms with E-state index in [2.05, 4.69) is 5.32 Å². The molecule has 1 aromatic rings. The van der Waals surface area contributed by atoms with Gasteiger partial charge in [-0.05, 0) is 57.2 Å². The molecule has 0 radical (unpaired) electrons. The first-order valence-electron chi connectivity index (χ1n) is 13.1. The third kappa shape index (κ3) is 5.06. The Kier molecular flexibility index (Phi) is 8.63. The number of rotatable bonds is 9. The summed E-state index contributed by atoms with van der Waals surface area (Å²) in [6.45, 7) is 11.1. The summed E-state index contributed by atoms with van der Waals surface area (Å²) in [5.41, 5.74) is 1.48. The number of piperidine rings is 1. The van der Waals surface area contributed by atoms with Crippen molar-refractivity contribution in [2.45, 2.75) is 84.2 Å². The molecule has 2 N–H and O–H groups in total. The summed E-state index contributed by atoms with van der Waals surface area (Å²) in [5.74, 6) is -0.233. The predicted octanol–water partition coefficient (Wildman–Crippen LogP) is 3.61. The molecule has 198 valence electrons. The second kappa shape index (κ2) is 11.3. The van der Waals surface area contributed by atoms with Gasteiger partial charge in [0, 0.05) is 49.9 Å². The Bertz CT molecular complexity index is 1000. The number of hydrogen-bond donors (Lipinski definition) is 2. The van der Waals surface area contributed by atoms with E-state index in [0.29, 0.717) is 57.4 Å². The summed E-state index contributed by atoms with van der Waals surface area (Å²) < 4.78 is 0. The average Bonchev–Trinajstić information content (AvgIpc) is 3.10. The zero-order valence-electron chi connectivity index (χ0n) is 22.2. The van der Waals surface area contributed by atoms with E-state index in [1.54, 1.807) is 28.9 Å². The van der Waals surface area contributed by atoms with Crippen molar-refractivity contribution in [1.82, 2.24) is 15.1 Å². The topological polar surface area (TPSA) is 110 Å².